The molecule has 1 aromatic carbocycles. The van der Waals surface area contributed by atoms with E-state index in [-0.39, 0.29) is 5.91 Å². The van der Waals surface area contributed by atoms with Gasteiger partial charge in [0, 0.05) is 49.1 Å². The van der Waals surface area contributed by atoms with E-state index in [9.17, 15) is 4.79 Å². The topological polar surface area (TPSA) is 60.2 Å². The van der Waals surface area contributed by atoms with Crippen molar-refractivity contribution in [2.24, 2.45) is 5.92 Å². The van der Waals surface area contributed by atoms with Crippen molar-refractivity contribution in [1.82, 2.24) is 20.5 Å². The van der Waals surface area contributed by atoms with Gasteiger partial charge in [0.15, 0.2) is 5.11 Å². The molecule has 1 amide bonds. The Morgan fingerprint density at radius 3 is 3.08 bits per heavy atom. The van der Waals surface area contributed by atoms with Crippen LogP contribution in [0.2, 0.25) is 0 Å². The molecule has 6 heteroatoms. The van der Waals surface area contributed by atoms with Crippen LogP contribution in [-0.2, 0) is 11.2 Å². The van der Waals surface area contributed by atoms with Crippen molar-refractivity contribution in [2.45, 2.75) is 31.7 Å². The number of fused-ring (bicyclic) bond motifs is 2. The Kier molecular flexibility index (Phi) is 4.25. The third-order valence-electron chi connectivity index (χ3n) is 5.65. The average molecular weight is 356 g/mol. The Bertz CT molecular complexity index is 830. The molecule has 1 aliphatic heterocycles. The maximum absolute atomic E-state index is 11.1. The van der Waals surface area contributed by atoms with Crippen LogP contribution in [0.25, 0.3) is 10.9 Å². The van der Waals surface area contributed by atoms with Crippen LogP contribution in [0.5, 0.6) is 0 Å². The molecule has 1 aromatic heterocycles. The number of thiocarbonyl (C=S) groups is 1. The van der Waals surface area contributed by atoms with Crippen molar-refractivity contribution in [3.05, 3.63) is 35.5 Å². The van der Waals surface area contributed by atoms with E-state index in [2.05, 4.69) is 52.0 Å². The summed E-state index contributed by atoms with van der Waals surface area (Å²) in [6.07, 6.45) is 4.44. The summed E-state index contributed by atoms with van der Waals surface area (Å²) >= 11 is 5.17. The van der Waals surface area contributed by atoms with Gasteiger partial charge in [-0.25, -0.2) is 0 Å². The van der Waals surface area contributed by atoms with E-state index in [1.165, 1.54) is 29.0 Å². The van der Waals surface area contributed by atoms with E-state index in [1.807, 2.05) is 0 Å². The zero-order valence-corrected chi connectivity index (χ0v) is 15.5. The number of aromatic amines is 1. The third kappa shape index (κ3) is 3.04. The summed E-state index contributed by atoms with van der Waals surface area (Å²) in [5, 5.41) is 7.70. The summed E-state index contributed by atoms with van der Waals surface area (Å²) in [4.78, 5) is 17.0. The minimum atomic E-state index is -0.128. The molecule has 4 rings (SSSR count). The standard InChI is InChI=1S/C19H24N4OS/c1-11(24)22-19(25)21-8-12-6-15-14-4-3-5-16-18(14)13(9-20-16)7-17(15)23(2)10-12/h3-5,9,12,15,17,20H,6-8,10H2,1-2H3,(H2,21,22,24,25)/t12-,15?,17-/m1/s1. The fraction of sp³-hybridized carbons (Fsp3) is 0.474. The number of hydrogen-bond donors (Lipinski definition) is 3. The lowest BCUT2D eigenvalue weighted by atomic mass is 9.72. The number of H-pyrrole nitrogens is 1. The zero-order valence-electron chi connectivity index (χ0n) is 14.6. The van der Waals surface area contributed by atoms with Gasteiger partial charge in [-0.2, -0.15) is 0 Å². The molecule has 2 heterocycles. The van der Waals surface area contributed by atoms with Crippen molar-refractivity contribution < 1.29 is 4.79 Å². The number of likely N-dealkylation sites (N-methyl/N-ethyl adjacent to an activating group) is 1. The van der Waals surface area contributed by atoms with Gasteiger partial charge in [-0.05, 0) is 55.2 Å². The molecule has 3 N–H and O–H groups in total. The van der Waals surface area contributed by atoms with Gasteiger partial charge in [0.25, 0.3) is 0 Å². The molecule has 1 aliphatic carbocycles. The summed E-state index contributed by atoms with van der Waals surface area (Å²) in [5.74, 6) is 0.929. The maximum Gasteiger partial charge on any atom is 0.222 e. The second-order valence-electron chi connectivity index (χ2n) is 7.39. The highest BCUT2D eigenvalue weighted by atomic mass is 32.1. The molecule has 0 bridgehead atoms. The van der Waals surface area contributed by atoms with E-state index < -0.39 is 0 Å². The van der Waals surface area contributed by atoms with Crippen molar-refractivity contribution in [1.29, 1.82) is 0 Å². The molecule has 2 aromatic rings. The Labute approximate surface area is 153 Å². The molecule has 0 saturated carbocycles. The molecule has 2 aliphatic rings. The number of nitrogens with one attached hydrogen (secondary N) is 3. The molecule has 1 fully saturated rings. The van der Waals surface area contributed by atoms with Crippen LogP contribution in [-0.4, -0.2) is 47.1 Å². The summed E-state index contributed by atoms with van der Waals surface area (Å²) in [5.41, 5.74) is 4.17. The Balaban J connectivity index is 1.53. The predicted molar refractivity (Wildman–Crippen MR) is 104 cm³/mol. The minimum Gasteiger partial charge on any atom is -0.362 e. The highest BCUT2D eigenvalue weighted by molar-refractivity contribution is 7.80. The van der Waals surface area contributed by atoms with Crippen LogP contribution < -0.4 is 10.6 Å². The largest absolute Gasteiger partial charge is 0.362 e. The molecule has 0 spiro atoms. The highest BCUT2D eigenvalue weighted by Crippen LogP contribution is 2.44. The van der Waals surface area contributed by atoms with Gasteiger partial charge in [0.1, 0.15) is 0 Å². The van der Waals surface area contributed by atoms with Gasteiger partial charge in [-0.3, -0.25) is 4.79 Å². The summed E-state index contributed by atoms with van der Waals surface area (Å²) in [6, 6.07) is 7.18. The van der Waals surface area contributed by atoms with Crippen molar-refractivity contribution >= 4 is 34.1 Å². The van der Waals surface area contributed by atoms with Crippen molar-refractivity contribution in [3.8, 4) is 0 Å². The molecular weight excluding hydrogens is 332 g/mol. The van der Waals surface area contributed by atoms with E-state index in [0.29, 0.717) is 23.0 Å². The fourth-order valence-corrected chi connectivity index (χ4v) is 4.87. The number of benzene rings is 1. The van der Waals surface area contributed by atoms with Crippen LogP contribution in [0.3, 0.4) is 0 Å². The number of aromatic nitrogens is 1. The van der Waals surface area contributed by atoms with Crippen LogP contribution in [0.15, 0.2) is 24.4 Å². The number of likely N-dealkylation sites (tertiary alicyclic amines) is 1. The Morgan fingerprint density at radius 2 is 2.28 bits per heavy atom. The number of piperidine rings is 1. The lowest BCUT2D eigenvalue weighted by Gasteiger charge is -2.45. The molecular formula is C19H24N4OS. The van der Waals surface area contributed by atoms with Gasteiger partial charge >= 0.3 is 0 Å². The number of nitrogens with zero attached hydrogens (tertiary/aromatic N) is 1. The maximum atomic E-state index is 11.1. The first-order valence-corrected chi connectivity index (χ1v) is 9.28. The lowest BCUT2D eigenvalue weighted by molar-refractivity contribution is -0.117. The van der Waals surface area contributed by atoms with Crippen LogP contribution in [0.4, 0.5) is 0 Å². The van der Waals surface area contributed by atoms with Gasteiger partial charge in [-0.15, -0.1) is 0 Å². The lowest BCUT2D eigenvalue weighted by Crippen LogP contribution is -2.51. The second kappa shape index (κ2) is 6.42. The second-order valence-corrected chi connectivity index (χ2v) is 7.80. The zero-order chi connectivity index (χ0) is 17.6. The van der Waals surface area contributed by atoms with Crippen LogP contribution in [0.1, 0.15) is 30.4 Å². The number of amides is 1. The first-order valence-electron chi connectivity index (χ1n) is 8.87. The number of carbonyl (C=O) groups excluding carboxylic acids is 1. The average Bonchev–Trinajstić information content (AvgIpc) is 2.98. The molecule has 1 unspecified atom stereocenters. The highest BCUT2D eigenvalue weighted by Gasteiger charge is 2.39. The first kappa shape index (κ1) is 16.5. The Morgan fingerprint density at radius 1 is 1.44 bits per heavy atom. The smallest absolute Gasteiger partial charge is 0.222 e. The summed E-state index contributed by atoms with van der Waals surface area (Å²) in [7, 11) is 2.23. The molecule has 3 atom stereocenters. The van der Waals surface area contributed by atoms with Crippen LogP contribution in [0, 0.1) is 5.92 Å². The predicted octanol–water partition coefficient (Wildman–Crippen LogP) is 2.14. The first-order chi connectivity index (χ1) is 12.0. The Hall–Kier alpha value is -1.92. The molecule has 25 heavy (non-hydrogen) atoms. The summed E-state index contributed by atoms with van der Waals surface area (Å²) < 4.78 is 0. The molecule has 132 valence electrons. The van der Waals surface area contributed by atoms with E-state index >= 15 is 0 Å². The number of carbonyl (C=O) groups is 1. The SMILES string of the molecule is CC(=O)NC(=S)NC[C@H]1CC2c3cccc4[nH]cc(c34)C[C@H]2N(C)C1. The quantitative estimate of drug-likeness (QED) is 0.722. The van der Waals surface area contributed by atoms with Crippen molar-refractivity contribution in [2.75, 3.05) is 20.1 Å². The summed E-state index contributed by atoms with van der Waals surface area (Å²) in [6.45, 7) is 3.32. The van der Waals surface area contributed by atoms with Gasteiger partial charge in [0.2, 0.25) is 5.91 Å². The van der Waals surface area contributed by atoms with Crippen LogP contribution >= 0.6 is 12.2 Å². The molecule has 5 nitrogen and oxygen atoms in total. The van der Waals surface area contributed by atoms with Gasteiger partial charge < -0.3 is 20.5 Å². The van der Waals surface area contributed by atoms with Gasteiger partial charge in [-0.1, -0.05) is 12.1 Å². The van der Waals surface area contributed by atoms with E-state index in [4.69, 9.17) is 12.2 Å². The number of rotatable bonds is 2. The normalized spacial score (nSPS) is 25.4. The monoisotopic (exact) mass is 356 g/mol. The van der Waals surface area contributed by atoms with Gasteiger partial charge in [0.05, 0.1) is 0 Å². The molecule has 1 saturated heterocycles. The number of hydrogen-bond acceptors (Lipinski definition) is 3. The fourth-order valence-electron chi connectivity index (χ4n) is 4.64. The van der Waals surface area contributed by atoms with Crippen molar-refractivity contribution in [3.63, 3.8) is 0 Å². The minimum absolute atomic E-state index is 0.128. The molecule has 0 radical (unpaired) electrons. The van der Waals surface area contributed by atoms with E-state index in [0.717, 1.165) is 25.9 Å². The third-order valence-corrected chi connectivity index (χ3v) is 5.90. The van der Waals surface area contributed by atoms with E-state index in [1.54, 1.807) is 0 Å².